The Kier molecular flexibility index (Phi) is 6.82. The Labute approximate surface area is 123 Å². The van der Waals surface area contributed by atoms with Crippen LogP contribution in [0.5, 0.6) is 11.5 Å². The molecule has 0 fully saturated rings. The SMILES string of the molecule is COc1ccc(C(C)NCCN(C)C(C)C)c(OC)c1. The molecule has 0 aromatic heterocycles. The van der Waals surface area contributed by atoms with Crippen LogP contribution in [-0.2, 0) is 0 Å². The van der Waals surface area contributed by atoms with Crippen molar-refractivity contribution < 1.29 is 9.47 Å². The first-order valence-electron chi connectivity index (χ1n) is 7.15. The molecule has 1 atom stereocenters. The van der Waals surface area contributed by atoms with E-state index in [1.54, 1.807) is 14.2 Å². The van der Waals surface area contributed by atoms with Crippen LogP contribution in [0.25, 0.3) is 0 Å². The lowest BCUT2D eigenvalue weighted by Crippen LogP contribution is -2.34. The average Bonchev–Trinajstić information content (AvgIpc) is 2.45. The van der Waals surface area contributed by atoms with Crippen LogP contribution in [0.2, 0.25) is 0 Å². The maximum absolute atomic E-state index is 5.44. The summed E-state index contributed by atoms with van der Waals surface area (Å²) in [5.41, 5.74) is 1.15. The maximum Gasteiger partial charge on any atom is 0.127 e. The molecule has 1 unspecified atom stereocenters. The summed E-state index contributed by atoms with van der Waals surface area (Å²) < 4.78 is 10.7. The van der Waals surface area contributed by atoms with Crippen molar-refractivity contribution in [2.75, 3.05) is 34.4 Å². The fourth-order valence-electron chi connectivity index (χ4n) is 2.00. The molecule has 20 heavy (non-hydrogen) atoms. The Morgan fingerprint density at radius 1 is 1.15 bits per heavy atom. The summed E-state index contributed by atoms with van der Waals surface area (Å²) in [5.74, 6) is 1.68. The van der Waals surface area contributed by atoms with Crippen LogP contribution in [0.3, 0.4) is 0 Å². The van der Waals surface area contributed by atoms with Gasteiger partial charge in [-0.3, -0.25) is 0 Å². The van der Waals surface area contributed by atoms with Gasteiger partial charge in [-0.2, -0.15) is 0 Å². The lowest BCUT2D eigenvalue weighted by Gasteiger charge is -2.23. The number of likely N-dealkylation sites (N-methyl/N-ethyl adjacent to an activating group) is 1. The van der Waals surface area contributed by atoms with Gasteiger partial charge in [0, 0.05) is 36.8 Å². The third-order valence-electron chi connectivity index (χ3n) is 3.70. The Morgan fingerprint density at radius 3 is 2.40 bits per heavy atom. The second-order valence-corrected chi connectivity index (χ2v) is 5.36. The van der Waals surface area contributed by atoms with Crippen LogP contribution >= 0.6 is 0 Å². The summed E-state index contributed by atoms with van der Waals surface area (Å²) in [6, 6.07) is 6.77. The fraction of sp³-hybridized carbons (Fsp3) is 0.625. The molecular weight excluding hydrogens is 252 g/mol. The smallest absolute Gasteiger partial charge is 0.127 e. The predicted octanol–water partition coefficient (Wildman–Crippen LogP) is 2.69. The van der Waals surface area contributed by atoms with Crippen LogP contribution in [0.4, 0.5) is 0 Å². The van der Waals surface area contributed by atoms with Crippen molar-refractivity contribution >= 4 is 0 Å². The third kappa shape index (κ3) is 4.69. The number of nitrogens with one attached hydrogen (secondary N) is 1. The van der Waals surface area contributed by atoms with Gasteiger partial charge in [-0.1, -0.05) is 6.07 Å². The largest absolute Gasteiger partial charge is 0.497 e. The molecule has 0 aliphatic carbocycles. The van der Waals surface area contributed by atoms with Crippen LogP contribution in [0.1, 0.15) is 32.4 Å². The molecule has 0 amide bonds. The van der Waals surface area contributed by atoms with E-state index in [2.05, 4.69) is 44.1 Å². The molecule has 0 aliphatic rings. The van der Waals surface area contributed by atoms with E-state index in [-0.39, 0.29) is 6.04 Å². The molecular formula is C16H28N2O2. The molecule has 0 saturated carbocycles. The van der Waals surface area contributed by atoms with Crippen LogP contribution in [0.15, 0.2) is 18.2 Å². The highest BCUT2D eigenvalue weighted by Gasteiger charge is 2.12. The number of hydrogen-bond donors (Lipinski definition) is 1. The van der Waals surface area contributed by atoms with Gasteiger partial charge in [0.1, 0.15) is 11.5 Å². The molecule has 4 nitrogen and oxygen atoms in total. The summed E-state index contributed by atoms with van der Waals surface area (Å²) in [5, 5.41) is 3.53. The number of rotatable bonds is 8. The molecule has 0 heterocycles. The molecule has 1 aromatic rings. The average molecular weight is 280 g/mol. The first kappa shape index (κ1) is 16.8. The van der Waals surface area contributed by atoms with Crippen molar-refractivity contribution in [1.82, 2.24) is 10.2 Å². The van der Waals surface area contributed by atoms with E-state index >= 15 is 0 Å². The number of ether oxygens (including phenoxy) is 2. The van der Waals surface area contributed by atoms with Gasteiger partial charge in [0.25, 0.3) is 0 Å². The highest BCUT2D eigenvalue weighted by molar-refractivity contribution is 5.42. The van der Waals surface area contributed by atoms with E-state index in [9.17, 15) is 0 Å². The van der Waals surface area contributed by atoms with E-state index in [0.717, 1.165) is 30.2 Å². The predicted molar refractivity (Wildman–Crippen MR) is 83.7 cm³/mol. The molecule has 1 aromatic carbocycles. The lowest BCUT2D eigenvalue weighted by atomic mass is 10.1. The zero-order chi connectivity index (χ0) is 15.1. The summed E-state index contributed by atoms with van der Waals surface area (Å²) in [7, 11) is 5.50. The molecule has 4 heteroatoms. The Morgan fingerprint density at radius 2 is 1.85 bits per heavy atom. The van der Waals surface area contributed by atoms with E-state index in [0.29, 0.717) is 6.04 Å². The van der Waals surface area contributed by atoms with Gasteiger partial charge in [0.15, 0.2) is 0 Å². The van der Waals surface area contributed by atoms with Gasteiger partial charge in [0.2, 0.25) is 0 Å². The summed E-state index contributed by atoms with van der Waals surface area (Å²) in [6.45, 7) is 8.54. The summed E-state index contributed by atoms with van der Waals surface area (Å²) in [4.78, 5) is 2.32. The Hall–Kier alpha value is -1.26. The quantitative estimate of drug-likeness (QED) is 0.794. The molecule has 0 spiro atoms. The normalized spacial score (nSPS) is 12.8. The van der Waals surface area contributed by atoms with Crippen molar-refractivity contribution in [1.29, 1.82) is 0 Å². The molecule has 1 rings (SSSR count). The number of methoxy groups -OCH3 is 2. The van der Waals surface area contributed by atoms with Gasteiger partial charge < -0.3 is 19.7 Å². The van der Waals surface area contributed by atoms with E-state index in [1.165, 1.54) is 0 Å². The van der Waals surface area contributed by atoms with E-state index < -0.39 is 0 Å². The highest BCUT2D eigenvalue weighted by Crippen LogP contribution is 2.29. The van der Waals surface area contributed by atoms with Crippen LogP contribution in [0, 0.1) is 0 Å². The van der Waals surface area contributed by atoms with Gasteiger partial charge >= 0.3 is 0 Å². The van der Waals surface area contributed by atoms with Gasteiger partial charge in [-0.05, 0) is 33.9 Å². The fourth-order valence-corrected chi connectivity index (χ4v) is 2.00. The monoisotopic (exact) mass is 280 g/mol. The topological polar surface area (TPSA) is 33.7 Å². The standard InChI is InChI=1S/C16H28N2O2/c1-12(2)18(4)10-9-17-13(3)15-8-7-14(19-5)11-16(15)20-6/h7-8,11-13,17H,9-10H2,1-6H3. The van der Waals surface area contributed by atoms with Gasteiger partial charge in [0.05, 0.1) is 14.2 Å². The molecule has 1 N–H and O–H groups in total. The minimum atomic E-state index is 0.247. The first-order valence-corrected chi connectivity index (χ1v) is 7.15. The van der Waals surface area contributed by atoms with Crippen LogP contribution in [-0.4, -0.2) is 45.3 Å². The summed E-state index contributed by atoms with van der Waals surface area (Å²) >= 11 is 0. The first-order chi connectivity index (χ1) is 9.49. The molecule has 114 valence electrons. The maximum atomic E-state index is 5.44. The van der Waals surface area contributed by atoms with Crippen molar-refractivity contribution in [3.05, 3.63) is 23.8 Å². The third-order valence-corrected chi connectivity index (χ3v) is 3.70. The van der Waals surface area contributed by atoms with Gasteiger partial charge in [-0.25, -0.2) is 0 Å². The molecule has 0 saturated heterocycles. The van der Waals surface area contributed by atoms with Crippen LogP contribution < -0.4 is 14.8 Å². The second kappa shape index (κ2) is 8.12. The molecule has 0 radical (unpaired) electrons. The number of hydrogen-bond acceptors (Lipinski definition) is 4. The minimum Gasteiger partial charge on any atom is -0.497 e. The zero-order valence-corrected chi connectivity index (χ0v) is 13.6. The summed E-state index contributed by atoms with van der Waals surface area (Å²) in [6.07, 6.45) is 0. The van der Waals surface area contributed by atoms with Crippen molar-refractivity contribution in [2.45, 2.75) is 32.9 Å². The van der Waals surface area contributed by atoms with E-state index in [1.807, 2.05) is 12.1 Å². The Balaban J connectivity index is 2.61. The Bertz CT molecular complexity index is 407. The number of benzene rings is 1. The van der Waals surface area contributed by atoms with Crippen molar-refractivity contribution in [3.63, 3.8) is 0 Å². The highest BCUT2D eigenvalue weighted by atomic mass is 16.5. The minimum absolute atomic E-state index is 0.247. The molecule has 0 aliphatic heterocycles. The van der Waals surface area contributed by atoms with E-state index in [4.69, 9.17) is 9.47 Å². The number of nitrogens with zero attached hydrogens (tertiary/aromatic N) is 1. The van der Waals surface area contributed by atoms with Crippen molar-refractivity contribution in [2.24, 2.45) is 0 Å². The second-order valence-electron chi connectivity index (χ2n) is 5.36. The molecule has 0 bridgehead atoms. The lowest BCUT2D eigenvalue weighted by molar-refractivity contribution is 0.269. The van der Waals surface area contributed by atoms with Crippen molar-refractivity contribution in [3.8, 4) is 11.5 Å². The zero-order valence-electron chi connectivity index (χ0n) is 13.6. The van der Waals surface area contributed by atoms with Gasteiger partial charge in [-0.15, -0.1) is 0 Å².